The molecule has 0 bridgehead atoms. The van der Waals surface area contributed by atoms with E-state index < -0.39 is 33.9 Å². The Morgan fingerprint density at radius 3 is 2.34 bits per heavy atom. The Kier molecular flexibility index (Phi) is 7.01. The maximum absolute atomic E-state index is 13.5. The third-order valence-electron chi connectivity index (χ3n) is 5.67. The first-order valence-electron chi connectivity index (χ1n) is 10.5. The summed E-state index contributed by atoms with van der Waals surface area (Å²) in [5.41, 5.74) is 1.78. The fraction of sp³-hybridized carbons (Fsp3) is 0.208. The summed E-state index contributed by atoms with van der Waals surface area (Å²) in [7, 11) is -1.58. The summed E-state index contributed by atoms with van der Waals surface area (Å²) in [5, 5.41) is 4.30. The van der Waals surface area contributed by atoms with Gasteiger partial charge in [0.15, 0.2) is 0 Å². The Labute approximate surface area is 206 Å². The second-order valence-corrected chi connectivity index (χ2v) is 10.8. The number of carbonyl (C=O) groups is 3. The van der Waals surface area contributed by atoms with E-state index >= 15 is 0 Å². The number of fused-ring (bicyclic) bond motifs is 1. The summed E-state index contributed by atoms with van der Waals surface area (Å²) >= 11 is 1.07. The molecule has 1 aromatic heterocycles. The fourth-order valence-corrected chi connectivity index (χ4v) is 6.58. The van der Waals surface area contributed by atoms with E-state index in [1.54, 1.807) is 11.4 Å². The summed E-state index contributed by atoms with van der Waals surface area (Å²) < 4.78 is 37.7. The van der Waals surface area contributed by atoms with Crippen LogP contribution in [0.15, 0.2) is 64.2 Å². The molecule has 0 spiro atoms. The van der Waals surface area contributed by atoms with E-state index in [1.807, 2.05) is 24.3 Å². The molecule has 0 aliphatic carbocycles. The number of rotatable bonds is 6. The smallest absolute Gasteiger partial charge is 0.339 e. The van der Waals surface area contributed by atoms with Crippen LogP contribution in [0.25, 0.3) is 0 Å². The zero-order valence-corrected chi connectivity index (χ0v) is 20.5. The molecule has 9 nitrogen and oxygen atoms in total. The van der Waals surface area contributed by atoms with Crippen molar-refractivity contribution in [3.8, 4) is 0 Å². The molecule has 1 N–H and O–H groups in total. The first-order chi connectivity index (χ1) is 16.8. The molecule has 2 aromatic carbocycles. The van der Waals surface area contributed by atoms with Crippen LogP contribution in [0.4, 0.5) is 5.69 Å². The molecule has 1 aliphatic heterocycles. The molecule has 1 atom stereocenters. The molecular weight excluding hydrogens is 492 g/mol. The Bertz CT molecular complexity index is 1380. The van der Waals surface area contributed by atoms with Crippen LogP contribution < -0.4 is 5.32 Å². The van der Waals surface area contributed by atoms with Crippen molar-refractivity contribution in [1.29, 1.82) is 0 Å². The summed E-state index contributed by atoms with van der Waals surface area (Å²) in [6, 6.07) is 13.4. The average Bonchev–Trinajstić information content (AvgIpc) is 3.43. The van der Waals surface area contributed by atoms with Gasteiger partial charge < -0.3 is 14.8 Å². The number of thiophene rings is 1. The number of carbonyl (C=O) groups excluding carboxylic acids is 3. The number of anilines is 1. The molecule has 4 rings (SSSR count). The van der Waals surface area contributed by atoms with Gasteiger partial charge in [0.05, 0.1) is 31.0 Å². The van der Waals surface area contributed by atoms with Gasteiger partial charge in [0.25, 0.3) is 10.0 Å². The predicted molar refractivity (Wildman–Crippen MR) is 129 cm³/mol. The molecular formula is C24H22N2O7S2. The Morgan fingerprint density at radius 2 is 1.69 bits per heavy atom. The third kappa shape index (κ3) is 4.83. The lowest BCUT2D eigenvalue weighted by molar-refractivity contribution is -0.120. The van der Waals surface area contributed by atoms with E-state index in [1.165, 1.54) is 42.8 Å². The van der Waals surface area contributed by atoms with Gasteiger partial charge in [-0.2, -0.15) is 4.31 Å². The summed E-state index contributed by atoms with van der Waals surface area (Å²) in [6.45, 7) is 0.0144. The fourth-order valence-electron chi connectivity index (χ4n) is 3.90. The van der Waals surface area contributed by atoms with E-state index in [2.05, 4.69) is 5.32 Å². The minimum absolute atomic E-state index is 0.0112. The van der Waals surface area contributed by atoms with Crippen molar-refractivity contribution in [3.63, 3.8) is 0 Å². The van der Waals surface area contributed by atoms with Crippen molar-refractivity contribution < 1.29 is 32.3 Å². The van der Waals surface area contributed by atoms with E-state index in [0.717, 1.165) is 22.5 Å². The molecule has 0 saturated heterocycles. The predicted octanol–water partition coefficient (Wildman–Crippen LogP) is 3.08. The van der Waals surface area contributed by atoms with Crippen LogP contribution in [-0.2, 0) is 37.3 Å². The first kappa shape index (κ1) is 24.6. The van der Waals surface area contributed by atoms with E-state index in [-0.39, 0.29) is 34.0 Å². The Balaban J connectivity index is 1.74. The summed E-state index contributed by atoms with van der Waals surface area (Å²) in [4.78, 5) is 37.8. The minimum atomic E-state index is -3.98. The van der Waals surface area contributed by atoms with Crippen molar-refractivity contribution in [1.82, 2.24) is 4.31 Å². The van der Waals surface area contributed by atoms with Crippen LogP contribution in [-0.4, -0.2) is 50.8 Å². The topological polar surface area (TPSA) is 119 Å². The SMILES string of the molecule is COC(=O)c1ccc(C(=O)OC)c(NC(=O)[C@H]2Cc3ccccc3CN2S(=O)(=O)c2cccs2)c1. The van der Waals surface area contributed by atoms with Crippen LogP contribution in [0.5, 0.6) is 0 Å². The quantitative estimate of drug-likeness (QED) is 0.502. The van der Waals surface area contributed by atoms with Gasteiger partial charge in [0, 0.05) is 6.54 Å². The number of hydrogen-bond donors (Lipinski definition) is 1. The van der Waals surface area contributed by atoms with Crippen LogP contribution in [0.3, 0.4) is 0 Å². The van der Waals surface area contributed by atoms with Gasteiger partial charge in [0.1, 0.15) is 10.3 Å². The highest BCUT2D eigenvalue weighted by atomic mass is 32.2. The lowest BCUT2D eigenvalue weighted by atomic mass is 9.95. The van der Waals surface area contributed by atoms with Crippen molar-refractivity contribution in [3.05, 3.63) is 82.2 Å². The van der Waals surface area contributed by atoms with Crippen molar-refractivity contribution in [2.75, 3.05) is 19.5 Å². The number of sulfonamides is 1. The second-order valence-electron chi connectivity index (χ2n) is 7.70. The molecule has 182 valence electrons. The summed E-state index contributed by atoms with van der Waals surface area (Å²) in [5.74, 6) is -2.04. The van der Waals surface area contributed by atoms with Crippen LogP contribution in [0, 0.1) is 0 Å². The van der Waals surface area contributed by atoms with E-state index in [9.17, 15) is 22.8 Å². The van der Waals surface area contributed by atoms with Gasteiger partial charge in [-0.3, -0.25) is 4.79 Å². The van der Waals surface area contributed by atoms with Crippen molar-refractivity contribution in [2.45, 2.75) is 23.2 Å². The molecule has 0 saturated carbocycles. The highest BCUT2D eigenvalue weighted by Crippen LogP contribution is 2.32. The van der Waals surface area contributed by atoms with Gasteiger partial charge >= 0.3 is 11.9 Å². The number of ether oxygens (including phenoxy) is 2. The van der Waals surface area contributed by atoms with Gasteiger partial charge in [-0.15, -0.1) is 11.3 Å². The molecule has 0 unspecified atom stereocenters. The molecule has 3 aromatic rings. The zero-order chi connectivity index (χ0) is 25.2. The van der Waals surface area contributed by atoms with Gasteiger partial charge in [-0.1, -0.05) is 30.3 Å². The Morgan fingerprint density at radius 1 is 0.971 bits per heavy atom. The van der Waals surface area contributed by atoms with Gasteiger partial charge in [0.2, 0.25) is 5.91 Å². The highest BCUT2D eigenvalue weighted by Gasteiger charge is 2.40. The molecule has 35 heavy (non-hydrogen) atoms. The van der Waals surface area contributed by atoms with Crippen molar-refractivity contribution >= 4 is 44.9 Å². The number of benzene rings is 2. The third-order valence-corrected chi connectivity index (χ3v) is 8.90. The lowest BCUT2D eigenvalue weighted by Crippen LogP contribution is -2.50. The van der Waals surface area contributed by atoms with Crippen LogP contribution in [0.1, 0.15) is 31.8 Å². The number of nitrogens with zero attached hydrogens (tertiary/aromatic N) is 1. The number of methoxy groups -OCH3 is 2. The second kappa shape index (κ2) is 9.98. The molecule has 1 amide bonds. The zero-order valence-electron chi connectivity index (χ0n) is 18.9. The number of nitrogens with one attached hydrogen (secondary N) is 1. The van der Waals surface area contributed by atoms with E-state index in [0.29, 0.717) is 0 Å². The molecule has 11 heteroatoms. The largest absolute Gasteiger partial charge is 0.465 e. The van der Waals surface area contributed by atoms with Crippen molar-refractivity contribution in [2.24, 2.45) is 0 Å². The lowest BCUT2D eigenvalue weighted by Gasteiger charge is -2.34. The number of esters is 2. The van der Waals surface area contributed by atoms with Crippen LogP contribution >= 0.6 is 11.3 Å². The highest BCUT2D eigenvalue weighted by molar-refractivity contribution is 7.91. The molecule has 0 radical (unpaired) electrons. The van der Waals surface area contributed by atoms with Gasteiger partial charge in [-0.05, 0) is 47.2 Å². The van der Waals surface area contributed by atoms with Gasteiger partial charge in [-0.25, -0.2) is 18.0 Å². The maximum Gasteiger partial charge on any atom is 0.339 e. The average molecular weight is 515 g/mol. The maximum atomic E-state index is 13.5. The number of hydrogen-bond acceptors (Lipinski definition) is 8. The standard InChI is InChI=1S/C24H22N2O7S2/c1-32-23(28)16-9-10-18(24(29)33-2)19(12-16)25-22(27)20-13-15-6-3-4-7-17(15)14-26(20)35(30,31)21-8-5-11-34-21/h3-12,20H,13-14H2,1-2H3,(H,25,27)/t20-/m1/s1. The van der Waals surface area contributed by atoms with E-state index in [4.69, 9.17) is 9.47 Å². The Hall–Kier alpha value is -3.54. The molecule has 0 fully saturated rings. The molecule has 2 heterocycles. The normalized spacial score (nSPS) is 15.7. The summed E-state index contributed by atoms with van der Waals surface area (Å²) in [6.07, 6.45) is 0.136. The van der Waals surface area contributed by atoms with Crippen LogP contribution in [0.2, 0.25) is 0 Å². The molecule has 1 aliphatic rings. The monoisotopic (exact) mass is 514 g/mol. The number of amides is 1. The first-order valence-corrected chi connectivity index (χ1v) is 12.8. The minimum Gasteiger partial charge on any atom is -0.465 e.